The molecule has 0 unspecified atom stereocenters. The highest BCUT2D eigenvalue weighted by molar-refractivity contribution is 6.02. The number of hydrogen-bond acceptors (Lipinski definition) is 3. The summed E-state index contributed by atoms with van der Waals surface area (Å²) in [6.07, 6.45) is 7.56. The summed E-state index contributed by atoms with van der Waals surface area (Å²) in [5.41, 5.74) is 5.00. The smallest absolute Gasteiger partial charge is 0.190 e. The van der Waals surface area contributed by atoms with Gasteiger partial charge < -0.3 is 4.74 Å². The zero-order valence-electron chi connectivity index (χ0n) is 15.4. The molecule has 1 fully saturated rings. The maximum absolute atomic E-state index is 6.51. The van der Waals surface area contributed by atoms with Crippen molar-refractivity contribution in [2.24, 2.45) is 11.0 Å². The van der Waals surface area contributed by atoms with E-state index in [1.54, 1.807) is 0 Å². The Morgan fingerprint density at radius 1 is 0.962 bits per heavy atom. The Morgan fingerprint density at radius 2 is 1.73 bits per heavy atom. The minimum absolute atomic E-state index is 0.0816. The van der Waals surface area contributed by atoms with Gasteiger partial charge in [-0.2, -0.15) is 5.10 Å². The molecule has 5 rings (SSSR count). The van der Waals surface area contributed by atoms with E-state index in [0.717, 1.165) is 12.2 Å². The highest BCUT2D eigenvalue weighted by Crippen LogP contribution is 2.46. The Labute approximate surface area is 155 Å². The molecule has 2 aliphatic heterocycles. The lowest BCUT2D eigenvalue weighted by molar-refractivity contribution is -0.0643. The molecule has 2 atom stereocenters. The van der Waals surface area contributed by atoms with Crippen molar-refractivity contribution in [1.29, 1.82) is 0 Å². The van der Waals surface area contributed by atoms with Gasteiger partial charge in [-0.25, -0.2) is 5.01 Å². The molecule has 3 aliphatic rings. The molecule has 2 heterocycles. The number of benzene rings is 2. The average Bonchev–Trinajstić information content (AvgIpc) is 3.14. The monoisotopic (exact) mass is 346 g/mol. The Morgan fingerprint density at radius 3 is 2.54 bits per heavy atom. The molecule has 26 heavy (non-hydrogen) atoms. The van der Waals surface area contributed by atoms with Gasteiger partial charge in [-0.1, -0.05) is 67.3 Å². The number of nitrogens with zero attached hydrogens (tertiary/aromatic N) is 2. The molecule has 0 bridgehead atoms. The highest BCUT2D eigenvalue weighted by Gasteiger charge is 2.43. The van der Waals surface area contributed by atoms with Gasteiger partial charge in [-0.05, 0) is 31.4 Å². The number of fused-ring (bicyclic) bond motifs is 3. The first-order valence-corrected chi connectivity index (χ1v) is 9.98. The standard InChI is InChI=1S/C23H26N2O/c1-16-11-13-17(14-12-16)20-15-21-19-9-5-6-10-22(19)26-23(25(21)24-20)18-7-3-2-4-8-18/h5-6,9-14,18,21,23H,2-4,7-8,15H2,1H3/t21-,23+/m1/s1. The van der Waals surface area contributed by atoms with Crippen LogP contribution in [0.15, 0.2) is 53.6 Å². The quantitative estimate of drug-likeness (QED) is 0.723. The van der Waals surface area contributed by atoms with Crippen LogP contribution in [0.1, 0.15) is 61.3 Å². The molecule has 0 saturated heterocycles. The average molecular weight is 346 g/mol. The van der Waals surface area contributed by atoms with Crippen molar-refractivity contribution < 1.29 is 4.74 Å². The summed E-state index contributed by atoms with van der Waals surface area (Å²) < 4.78 is 6.51. The molecule has 0 amide bonds. The van der Waals surface area contributed by atoms with E-state index in [0.29, 0.717) is 12.0 Å². The molecule has 2 aromatic rings. The molecular formula is C23H26N2O. The molecule has 134 valence electrons. The van der Waals surface area contributed by atoms with Gasteiger partial charge in [0.15, 0.2) is 6.23 Å². The van der Waals surface area contributed by atoms with E-state index in [1.165, 1.54) is 54.5 Å². The Kier molecular flexibility index (Phi) is 3.96. The third kappa shape index (κ3) is 2.70. The molecule has 1 aliphatic carbocycles. The molecule has 0 radical (unpaired) electrons. The SMILES string of the molecule is Cc1ccc(C2=NN3[C@H](C2)c2ccccc2O[C@H]3C2CCCCC2)cc1. The topological polar surface area (TPSA) is 24.8 Å². The second-order valence-electron chi connectivity index (χ2n) is 7.96. The van der Waals surface area contributed by atoms with Crippen LogP contribution in [0.3, 0.4) is 0 Å². The van der Waals surface area contributed by atoms with Crippen molar-refractivity contribution >= 4 is 5.71 Å². The predicted molar refractivity (Wildman–Crippen MR) is 104 cm³/mol. The van der Waals surface area contributed by atoms with Crippen molar-refractivity contribution in [3.05, 3.63) is 65.2 Å². The number of rotatable bonds is 2. The van der Waals surface area contributed by atoms with Crippen molar-refractivity contribution in [3.63, 3.8) is 0 Å². The van der Waals surface area contributed by atoms with E-state index >= 15 is 0 Å². The van der Waals surface area contributed by atoms with Crippen molar-refractivity contribution in [2.45, 2.75) is 57.7 Å². The Balaban J connectivity index is 1.52. The fraction of sp³-hybridized carbons (Fsp3) is 0.435. The zero-order valence-corrected chi connectivity index (χ0v) is 15.4. The third-order valence-corrected chi connectivity index (χ3v) is 6.17. The first kappa shape index (κ1) is 15.9. The van der Waals surface area contributed by atoms with Crippen molar-refractivity contribution in [3.8, 4) is 5.75 Å². The summed E-state index contributed by atoms with van der Waals surface area (Å²) in [5, 5.41) is 7.38. The summed E-state index contributed by atoms with van der Waals surface area (Å²) in [6.45, 7) is 2.13. The summed E-state index contributed by atoms with van der Waals surface area (Å²) in [5.74, 6) is 1.64. The molecule has 0 spiro atoms. The van der Waals surface area contributed by atoms with E-state index in [9.17, 15) is 0 Å². The second-order valence-corrected chi connectivity index (χ2v) is 7.96. The van der Waals surface area contributed by atoms with E-state index in [2.05, 4.69) is 60.5 Å². The molecule has 0 aromatic heterocycles. The van der Waals surface area contributed by atoms with Crippen LogP contribution in [0.2, 0.25) is 0 Å². The van der Waals surface area contributed by atoms with Crippen LogP contribution >= 0.6 is 0 Å². The van der Waals surface area contributed by atoms with Crippen molar-refractivity contribution in [2.75, 3.05) is 0 Å². The molecule has 2 aromatic carbocycles. The van der Waals surface area contributed by atoms with Gasteiger partial charge in [0.2, 0.25) is 0 Å². The lowest BCUT2D eigenvalue weighted by Crippen LogP contribution is -2.45. The fourth-order valence-corrected chi connectivity index (χ4v) is 4.71. The van der Waals surface area contributed by atoms with Gasteiger partial charge >= 0.3 is 0 Å². The van der Waals surface area contributed by atoms with Crippen LogP contribution in [0.25, 0.3) is 0 Å². The summed E-state index contributed by atoms with van der Waals surface area (Å²) >= 11 is 0. The van der Waals surface area contributed by atoms with Gasteiger partial charge in [0.05, 0.1) is 11.8 Å². The maximum atomic E-state index is 6.51. The van der Waals surface area contributed by atoms with Crippen LogP contribution in [0.4, 0.5) is 0 Å². The second kappa shape index (κ2) is 6.46. The first-order valence-electron chi connectivity index (χ1n) is 9.98. The van der Waals surface area contributed by atoms with Crippen LogP contribution in [0, 0.1) is 12.8 Å². The van der Waals surface area contributed by atoms with Crippen LogP contribution < -0.4 is 4.74 Å². The first-order chi connectivity index (χ1) is 12.8. The Bertz CT molecular complexity index is 820. The van der Waals surface area contributed by atoms with E-state index in [-0.39, 0.29) is 6.23 Å². The molecule has 3 nitrogen and oxygen atoms in total. The number of para-hydroxylation sites is 1. The normalized spacial score (nSPS) is 25.3. The molecular weight excluding hydrogens is 320 g/mol. The van der Waals surface area contributed by atoms with Gasteiger partial charge in [0, 0.05) is 17.9 Å². The van der Waals surface area contributed by atoms with E-state index in [1.807, 2.05) is 0 Å². The van der Waals surface area contributed by atoms with Crippen LogP contribution in [-0.4, -0.2) is 16.9 Å². The lowest BCUT2D eigenvalue weighted by atomic mass is 9.86. The van der Waals surface area contributed by atoms with Crippen LogP contribution in [0.5, 0.6) is 5.75 Å². The lowest BCUT2D eigenvalue weighted by Gasteiger charge is -2.42. The van der Waals surface area contributed by atoms with Gasteiger partial charge in [-0.15, -0.1) is 0 Å². The minimum atomic E-state index is 0.0816. The van der Waals surface area contributed by atoms with E-state index < -0.39 is 0 Å². The maximum Gasteiger partial charge on any atom is 0.190 e. The van der Waals surface area contributed by atoms with Crippen LogP contribution in [-0.2, 0) is 0 Å². The number of aryl methyl sites for hydroxylation is 1. The molecule has 0 N–H and O–H groups in total. The number of hydrogen-bond donors (Lipinski definition) is 0. The molecule has 1 saturated carbocycles. The third-order valence-electron chi connectivity index (χ3n) is 6.17. The predicted octanol–water partition coefficient (Wildman–Crippen LogP) is 5.44. The Hall–Kier alpha value is -2.29. The largest absolute Gasteiger partial charge is 0.468 e. The summed E-state index contributed by atoms with van der Waals surface area (Å²) in [7, 11) is 0. The van der Waals surface area contributed by atoms with Gasteiger partial charge in [0.25, 0.3) is 0 Å². The van der Waals surface area contributed by atoms with Crippen molar-refractivity contribution in [1.82, 2.24) is 5.01 Å². The van der Waals surface area contributed by atoms with Gasteiger partial charge in [-0.3, -0.25) is 0 Å². The van der Waals surface area contributed by atoms with Gasteiger partial charge in [0.1, 0.15) is 5.75 Å². The number of hydrazone groups is 1. The summed E-state index contributed by atoms with van der Waals surface area (Å²) in [6, 6.07) is 17.6. The minimum Gasteiger partial charge on any atom is -0.468 e. The number of ether oxygens (including phenoxy) is 1. The summed E-state index contributed by atoms with van der Waals surface area (Å²) in [4.78, 5) is 0. The zero-order chi connectivity index (χ0) is 17.5. The highest BCUT2D eigenvalue weighted by atomic mass is 16.5. The molecule has 3 heteroatoms. The van der Waals surface area contributed by atoms with E-state index in [4.69, 9.17) is 9.84 Å². The fourth-order valence-electron chi connectivity index (χ4n) is 4.71.